The maximum Gasteiger partial charge on any atom is 0.329 e. The molecule has 0 aromatic rings. The average Bonchev–Trinajstić information content (AvgIpc) is 2.63. The summed E-state index contributed by atoms with van der Waals surface area (Å²) in [6.07, 6.45) is 0.980. The molecule has 1 aliphatic heterocycles. The first-order valence-electron chi connectivity index (χ1n) is 6.97. The predicted octanol–water partition coefficient (Wildman–Crippen LogP) is -1.34. The van der Waals surface area contributed by atoms with E-state index in [1.807, 2.05) is 0 Å². The summed E-state index contributed by atoms with van der Waals surface area (Å²) >= 11 is 0. The smallest absolute Gasteiger partial charge is 0.329 e. The van der Waals surface area contributed by atoms with Crippen LogP contribution in [0.2, 0.25) is 0 Å². The standard InChI is InChI=1S/C13H25N3O4/c1-11(18)14-12(13(19)20-2)10-16-5-3-4-15(6-7-16)8-9-17/h12,17H,3-10H2,1-2H3,(H,14,18). The zero-order valence-electron chi connectivity index (χ0n) is 12.3. The van der Waals surface area contributed by atoms with Gasteiger partial charge >= 0.3 is 5.97 Å². The maximum atomic E-state index is 11.7. The number of nitrogens with zero attached hydrogens (tertiary/aromatic N) is 2. The molecule has 1 aliphatic rings. The molecule has 1 rings (SSSR count). The van der Waals surface area contributed by atoms with Gasteiger partial charge < -0.3 is 15.2 Å². The van der Waals surface area contributed by atoms with E-state index in [0.29, 0.717) is 13.1 Å². The largest absolute Gasteiger partial charge is 0.467 e. The van der Waals surface area contributed by atoms with E-state index in [1.54, 1.807) is 0 Å². The highest BCUT2D eigenvalue weighted by Gasteiger charge is 2.24. The molecule has 20 heavy (non-hydrogen) atoms. The predicted molar refractivity (Wildman–Crippen MR) is 74.2 cm³/mol. The quantitative estimate of drug-likeness (QED) is 0.589. The molecule has 0 aromatic heterocycles. The molecule has 0 bridgehead atoms. The van der Waals surface area contributed by atoms with Gasteiger partial charge in [0, 0.05) is 33.1 Å². The van der Waals surface area contributed by atoms with Crippen LogP contribution in [0.1, 0.15) is 13.3 Å². The van der Waals surface area contributed by atoms with Crippen molar-refractivity contribution in [3.05, 3.63) is 0 Å². The van der Waals surface area contributed by atoms with E-state index in [1.165, 1.54) is 14.0 Å². The molecule has 7 nitrogen and oxygen atoms in total. The molecule has 0 radical (unpaired) electrons. The van der Waals surface area contributed by atoms with Crippen molar-refractivity contribution in [1.29, 1.82) is 0 Å². The molecule has 7 heteroatoms. The molecule has 0 aromatic carbocycles. The number of β-amino-alcohol motifs (C(OH)–C–C–N with tert-alkyl or cyclic N) is 1. The Morgan fingerprint density at radius 2 is 1.90 bits per heavy atom. The number of carbonyl (C=O) groups is 2. The first-order valence-corrected chi connectivity index (χ1v) is 6.97. The molecule has 1 saturated heterocycles. The molecular formula is C13H25N3O4. The second-order valence-electron chi connectivity index (χ2n) is 5.00. The normalized spacial score (nSPS) is 19.1. The van der Waals surface area contributed by atoms with Crippen LogP contribution in [-0.4, -0.2) is 85.8 Å². The summed E-state index contributed by atoms with van der Waals surface area (Å²) in [6.45, 7) is 6.17. The zero-order chi connectivity index (χ0) is 15.0. The van der Waals surface area contributed by atoms with E-state index in [2.05, 4.69) is 15.1 Å². The molecule has 0 spiro atoms. The highest BCUT2D eigenvalue weighted by Crippen LogP contribution is 2.04. The van der Waals surface area contributed by atoms with E-state index in [0.717, 1.165) is 32.6 Å². The molecule has 0 aliphatic carbocycles. The van der Waals surface area contributed by atoms with Crippen LogP contribution in [0, 0.1) is 0 Å². The van der Waals surface area contributed by atoms with Crippen molar-refractivity contribution in [1.82, 2.24) is 15.1 Å². The van der Waals surface area contributed by atoms with Crippen LogP contribution in [0.25, 0.3) is 0 Å². The fourth-order valence-corrected chi connectivity index (χ4v) is 2.40. The molecule has 1 atom stereocenters. The molecule has 116 valence electrons. The number of hydrogen-bond acceptors (Lipinski definition) is 6. The van der Waals surface area contributed by atoms with Gasteiger partial charge in [-0.1, -0.05) is 0 Å². The summed E-state index contributed by atoms with van der Waals surface area (Å²) < 4.78 is 4.72. The number of ether oxygens (including phenoxy) is 1. The fourth-order valence-electron chi connectivity index (χ4n) is 2.40. The van der Waals surface area contributed by atoms with E-state index in [4.69, 9.17) is 9.84 Å². The van der Waals surface area contributed by atoms with Gasteiger partial charge in [0.2, 0.25) is 5.91 Å². The zero-order valence-corrected chi connectivity index (χ0v) is 12.3. The Labute approximate surface area is 119 Å². The number of methoxy groups -OCH3 is 1. The van der Waals surface area contributed by atoms with Gasteiger partial charge in [-0.15, -0.1) is 0 Å². The first kappa shape index (κ1) is 16.9. The van der Waals surface area contributed by atoms with Crippen molar-refractivity contribution < 1.29 is 19.4 Å². The Kier molecular flexibility index (Phi) is 7.50. The third kappa shape index (κ3) is 5.85. The summed E-state index contributed by atoms with van der Waals surface area (Å²) in [5, 5.41) is 11.6. The topological polar surface area (TPSA) is 82.1 Å². The van der Waals surface area contributed by atoms with E-state index >= 15 is 0 Å². The van der Waals surface area contributed by atoms with Crippen molar-refractivity contribution >= 4 is 11.9 Å². The molecule has 1 fully saturated rings. The van der Waals surface area contributed by atoms with Gasteiger partial charge in [-0.3, -0.25) is 14.6 Å². The highest BCUT2D eigenvalue weighted by atomic mass is 16.5. The minimum absolute atomic E-state index is 0.163. The number of esters is 1. The third-order valence-corrected chi connectivity index (χ3v) is 3.40. The van der Waals surface area contributed by atoms with Crippen LogP contribution in [-0.2, 0) is 14.3 Å². The van der Waals surface area contributed by atoms with Crippen LogP contribution in [0.4, 0.5) is 0 Å². The van der Waals surface area contributed by atoms with Crippen molar-refractivity contribution in [3.8, 4) is 0 Å². The van der Waals surface area contributed by atoms with Crippen molar-refractivity contribution in [3.63, 3.8) is 0 Å². The molecule has 2 N–H and O–H groups in total. The number of nitrogens with one attached hydrogen (secondary N) is 1. The third-order valence-electron chi connectivity index (χ3n) is 3.40. The van der Waals surface area contributed by atoms with Crippen LogP contribution >= 0.6 is 0 Å². The molecule has 1 heterocycles. The Bertz CT molecular complexity index is 325. The van der Waals surface area contributed by atoms with Crippen LogP contribution in [0.15, 0.2) is 0 Å². The molecule has 0 saturated carbocycles. The van der Waals surface area contributed by atoms with E-state index < -0.39 is 12.0 Å². The minimum atomic E-state index is -0.623. The Morgan fingerprint density at radius 1 is 1.25 bits per heavy atom. The van der Waals surface area contributed by atoms with Gasteiger partial charge in [0.1, 0.15) is 6.04 Å². The average molecular weight is 287 g/mol. The fraction of sp³-hybridized carbons (Fsp3) is 0.846. The van der Waals surface area contributed by atoms with Crippen molar-refractivity contribution in [2.24, 2.45) is 0 Å². The lowest BCUT2D eigenvalue weighted by atomic mass is 10.2. The lowest BCUT2D eigenvalue weighted by molar-refractivity contribution is -0.145. The van der Waals surface area contributed by atoms with Gasteiger partial charge in [0.15, 0.2) is 0 Å². The number of carbonyl (C=O) groups excluding carboxylic acids is 2. The van der Waals surface area contributed by atoms with Gasteiger partial charge in [-0.25, -0.2) is 4.79 Å². The van der Waals surface area contributed by atoms with Crippen LogP contribution < -0.4 is 5.32 Å². The Morgan fingerprint density at radius 3 is 2.50 bits per heavy atom. The van der Waals surface area contributed by atoms with Gasteiger partial charge in [-0.05, 0) is 19.5 Å². The van der Waals surface area contributed by atoms with Gasteiger partial charge in [0.25, 0.3) is 0 Å². The minimum Gasteiger partial charge on any atom is -0.467 e. The van der Waals surface area contributed by atoms with Crippen molar-refractivity contribution in [2.75, 3.05) is 53.0 Å². The number of aliphatic hydroxyl groups is 1. The van der Waals surface area contributed by atoms with E-state index in [9.17, 15) is 9.59 Å². The summed E-state index contributed by atoms with van der Waals surface area (Å²) in [5.74, 6) is -0.659. The monoisotopic (exact) mass is 287 g/mol. The second kappa shape index (κ2) is 8.89. The number of rotatable bonds is 6. The van der Waals surface area contributed by atoms with E-state index in [-0.39, 0.29) is 12.5 Å². The summed E-state index contributed by atoms with van der Waals surface area (Å²) in [6, 6.07) is -0.623. The lowest BCUT2D eigenvalue weighted by Crippen LogP contribution is -2.49. The second-order valence-corrected chi connectivity index (χ2v) is 5.00. The number of aliphatic hydroxyl groups excluding tert-OH is 1. The van der Waals surface area contributed by atoms with Crippen LogP contribution in [0.3, 0.4) is 0 Å². The SMILES string of the molecule is COC(=O)C(CN1CCCN(CCO)CC1)NC(C)=O. The lowest BCUT2D eigenvalue weighted by Gasteiger charge is -2.25. The summed E-state index contributed by atoms with van der Waals surface area (Å²) in [7, 11) is 1.32. The van der Waals surface area contributed by atoms with Gasteiger partial charge in [-0.2, -0.15) is 0 Å². The number of amides is 1. The molecular weight excluding hydrogens is 262 g/mol. The summed E-state index contributed by atoms with van der Waals surface area (Å²) in [5.41, 5.74) is 0. The number of hydrogen-bond donors (Lipinski definition) is 2. The van der Waals surface area contributed by atoms with Crippen molar-refractivity contribution in [2.45, 2.75) is 19.4 Å². The molecule has 1 unspecified atom stereocenters. The molecule has 1 amide bonds. The summed E-state index contributed by atoms with van der Waals surface area (Å²) in [4.78, 5) is 27.2. The maximum absolute atomic E-state index is 11.7. The van der Waals surface area contributed by atoms with Gasteiger partial charge in [0.05, 0.1) is 13.7 Å². The first-order chi connectivity index (χ1) is 9.56. The Hall–Kier alpha value is -1.18. The Balaban J connectivity index is 2.51. The van der Waals surface area contributed by atoms with Crippen LogP contribution in [0.5, 0.6) is 0 Å². The highest BCUT2D eigenvalue weighted by molar-refractivity contribution is 5.83.